The zero-order chi connectivity index (χ0) is 13.7. The maximum absolute atomic E-state index is 12.7. The minimum atomic E-state index is -0.559. The quantitative estimate of drug-likeness (QED) is 0.794. The molecule has 5 heteroatoms. The smallest absolute Gasteiger partial charge is 0.242 e. The van der Waals surface area contributed by atoms with Crippen LogP contribution < -0.4 is 5.73 Å². The van der Waals surface area contributed by atoms with Gasteiger partial charge < -0.3 is 15.4 Å². The van der Waals surface area contributed by atoms with Gasteiger partial charge in [0, 0.05) is 26.3 Å². The van der Waals surface area contributed by atoms with Crippen LogP contribution in [0.25, 0.3) is 0 Å². The van der Waals surface area contributed by atoms with Gasteiger partial charge in [0.05, 0.1) is 5.54 Å². The minimum absolute atomic E-state index is 0. The largest absolute Gasteiger partial charge is 0.385 e. The third kappa shape index (κ3) is 4.09. The van der Waals surface area contributed by atoms with E-state index >= 15 is 0 Å². The number of ether oxygens (including phenoxy) is 1. The van der Waals surface area contributed by atoms with E-state index in [9.17, 15) is 4.79 Å². The summed E-state index contributed by atoms with van der Waals surface area (Å²) >= 11 is 0. The molecule has 1 aliphatic carbocycles. The summed E-state index contributed by atoms with van der Waals surface area (Å²) in [4.78, 5) is 14.8. The number of hydrogen-bond acceptors (Lipinski definition) is 3. The van der Waals surface area contributed by atoms with Crippen molar-refractivity contribution in [3.8, 4) is 0 Å². The van der Waals surface area contributed by atoms with Crippen LogP contribution in [-0.4, -0.2) is 42.6 Å². The number of likely N-dealkylation sites (tertiary alicyclic amines) is 1. The molecule has 4 nitrogen and oxygen atoms in total. The molecule has 0 aromatic rings. The van der Waals surface area contributed by atoms with Crippen LogP contribution >= 0.6 is 12.4 Å². The molecule has 1 heterocycles. The number of carbonyl (C=O) groups is 1. The highest BCUT2D eigenvalue weighted by Crippen LogP contribution is 2.32. The average molecular weight is 305 g/mol. The summed E-state index contributed by atoms with van der Waals surface area (Å²) in [6.07, 6.45) is 9.51. The van der Waals surface area contributed by atoms with Crippen LogP contribution in [0.2, 0.25) is 0 Å². The maximum Gasteiger partial charge on any atom is 0.242 e. The molecule has 2 rings (SSSR count). The molecule has 1 aliphatic heterocycles. The fourth-order valence-electron chi connectivity index (χ4n) is 3.54. The number of piperidine rings is 1. The summed E-state index contributed by atoms with van der Waals surface area (Å²) in [5, 5.41) is 0. The van der Waals surface area contributed by atoms with Gasteiger partial charge in [0.2, 0.25) is 5.91 Å². The normalized spacial score (nSPS) is 25.3. The van der Waals surface area contributed by atoms with Crippen molar-refractivity contribution in [3.05, 3.63) is 0 Å². The third-order valence-electron chi connectivity index (χ3n) is 4.70. The predicted octanol–water partition coefficient (Wildman–Crippen LogP) is 2.49. The number of rotatable bonds is 5. The Kier molecular flexibility index (Phi) is 7.27. The summed E-state index contributed by atoms with van der Waals surface area (Å²) in [5.74, 6) is 0.215. The molecule has 2 N–H and O–H groups in total. The van der Waals surface area contributed by atoms with Crippen LogP contribution in [0.4, 0.5) is 0 Å². The molecule has 0 aromatic heterocycles. The minimum Gasteiger partial charge on any atom is -0.385 e. The van der Waals surface area contributed by atoms with Gasteiger partial charge in [-0.2, -0.15) is 0 Å². The summed E-state index contributed by atoms with van der Waals surface area (Å²) < 4.78 is 5.12. The highest BCUT2D eigenvalue weighted by molar-refractivity contribution is 5.86. The Hall–Kier alpha value is -0.320. The molecule has 118 valence electrons. The number of carbonyl (C=O) groups excluding carboxylic acids is 1. The van der Waals surface area contributed by atoms with Crippen LogP contribution in [0.5, 0.6) is 0 Å². The van der Waals surface area contributed by atoms with Gasteiger partial charge in [-0.25, -0.2) is 0 Å². The lowest BCUT2D eigenvalue weighted by Crippen LogP contribution is -2.57. The van der Waals surface area contributed by atoms with Crippen molar-refractivity contribution in [2.75, 3.05) is 20.3 Å². The first kappa shape index (κ1) is 17.7. The monoisotopic (exact) mass is 304 g/mol. The molecule has 1 amide bonds. The first-order valence-electron chi connectivity index (χ1n) is 7.76. The van der Waals surface area contributed by atoms with Gasteiger partial charge in [0.25, 0.3) is 0 Å². The standard InChI is InChI=1S/C15H28N2O2.ClH/c1-19-12-6-8-13-7-2-5-11-17(13)14(18)15(16)9-3-4-10-15;/h13H,2-12,16H2,1H3;1H. The predicted molar refractivity (Wildman–Crippen MR) is 83.1 cm³/mol. The molecule has 2 fully saturated rings. The number of nitrogens with two attached hydrogens (primary N) is 1. The highest BCUT2D eigenvalue weighted by Gasteiger charge is 2.42. The van der Waals surface area contributed by atoms with Crippen molar-refractivity contribution in [3.63, 3.8) is 0 Å². The maximum atomic E-state index is 12.7. The molecule has 1 saturated heterocycles. The van der Waals surface area contributed by atoms with Crippen molar-refractivity contribution in [2.24, 2.45) is 5.73 Å². The molecule has 0 bridgehead atoms. The second-order valence-corrected chi connectivity index (χ2v) is 6.15. The molecule has 1 unspecified atom stereocenters. The zero-order valence-electron chi connectivity index (χ0n) is 12.6. The van der Waals surface area contributed by atoms with Crippen LogP contribution in [0, 0.1) is 0 Å². The Morgan fingerprint density at radius 2 is 2.00 bits per heavy atom. The van der Waals surface area contributed by atoms with Crippen molar-refractivity contribution in [1.29, 1.82) is 0 Å². The van der Waals surface area contributed by atoms with E-state index in [1.54, 1.807) is 7.11 Å². The number of amides is 1. The van der Waals surface area contributed by atoms with Gasteiger partial charge in [-0.3, -0.25) is 4.79 Å². The Morgan fingerprint density at radius 3 is 2.65 bits per heavy atom. The topological polar surface area (TPSA) is 55.6 Å². The molecule has 1 saturated carbocycles. The molecule has 0 radical (unpaired) electrons. The fourth-order valence-corrected chi connectivity index (χ4v) is 3.54. The van der Waals surface area contributed by atoms with Gasteiger partial charge >= 0.3 is 0 Å². The van der Waals surface area contributed by atoms with Crippen LogP contribution in [0.3, 0.4) is 0 Å². The second kappa shape index (κ2) is 8.20. The van der Waals surface area contributed by atoms with E-state index in [2.05, 4.69) is 4.90 Å². The first-order valence-corrected chi connectivity index (χ1v) is 7.76. The molecule has 20 heavy (non-hydrogen) atoms. The van der Waals surface area contributed by atoms with Crippen LogP contribution in [0.15, 0.2) is 0 Å². The summed E-state index contributed by atoms with van der Waals surface area (Å²) in [6, 6.07) is 0.387. The molecule has 2 aliphatic rings. The lowest BCUT2D eigenvalue weighted by molar-refractivity contribution is -0.140. The summed E-state index contributed by atoms with van der Waals surface area (Å²) in [6.45, 7) is 1.68. The van der Waals surface area contributed by atoms with E-state index in [4.69, 9.17) is 10.5 Å². The average Bonchev–Trinajstić information content (AvgIpc) is 2.87. The van der Waals surface area contributed by atoms with Crippen LogP contribution in [0.1, 0.15) is 57.8 Å². The summed E-state index contributed by atoms with van der Waals surface area (Å²) in [7, 11) is 1.73. The van der Waals surface area contributed by atoms with Gasteiger partial charge in [0.15, 0.2) is 0 Å². The van der Waals surface area contributed by atoms with Gasteiger partial charge in [-0.15, -0.1) is 12.4 Å². The number of methoxy groups -OCH3 is 1. The Balaban J connectivity index is 0.00000200. The first-order chi connectivity index (χ1) is 9.17. The van der Waals surface area contributed by atoms with E-state index in [0.29, 0.717) is 6.04 Å². The van der Waals surface area contributed by atoms with Crippen molar-refractivity contribution < 1.29 is 9.53 Å². The van der Waals surface area contributed by atoms with Crippen molar-refractivity contribution in [1.82, 2.24) is 4.90 Å². The molecule has 0 spiro atoms. The van der Waals surface area contributed by atoms with Crippen molar-refractivity contribution in [2.45, 2.75) is 69.4 Å². The van der Waals surface area contributed by atoms with E-state index in [-0.39, 0.29) is 18.3 Å². The van der Waals surface area contributed by atoms with E-state index in [1.807, 2.05) is 0 Å². The number of nitrogens with zero attached hydrogens (tertiary/aromatic N) is 1. The Morgan fingerprint density at radius 1 is 1.30 bits per heavy atom. The highest BCUT2D eigenvalue weighted by atomic mass is 35.5. The van der Waals surface area contributed by atoms with E-state index < -0.39 is 5.54 Å². The third-order valence-corrected chi connectivity index (χ3v) is 4.70. The lowest BCUT2D eigenvalue weighted by Gasteiger charge is -2.40. The second-order valence-electron chi connectivity index (χ2n) is 6.15. The lowest BCUT2D eigenvalue weighted by atomic mass is 9.91. The van der Waals surface area contributed by atoms with Gasteiger partial charge in [-0.05, 0) is 44.9 Å². The van der Waals surface area contributed by atoms with E-state index in [0.717, 1.165) is 64.5 Å². The molecule has 0 aromatic carbocycles. The fraction of sp³-hybridized carbons (Fsp3) is 0.933. The SMILES string of the molecule is COCCCC1CCCCN1C(=O)C1(N)CCCC1.Cl. The Bertz CT molecular complexity index is 306. The van der Waals surface area contributed by atoms with E-state index in [1.165, 1.54) is 6.42 Å². The number of halogens is 1. The Labute approximate surface area is 128 Å². The molecular formula is C15H29ClN2O2. The van der Waals surface area contributed by atoms with Crippen LogP contribution in [-0.2, 0) is 9.53 Å². The zero-order valence-corrected chi connectivity index (χ0v) is 13.4. The van der Waals surface area contributed by atoms with Gasteiger partial charge in [0.1, 0.15) is 0 Å². The molecular weight excluding hydrogens is 276 g/mol. The number of hydrogen-bond donors (Lipinski definition) is 1. The molecule has 1 atom stereocenters. The van der Waals surface area contributed by atoms with Crippen molar-refractivity contribution >= 4 is 18.3 Å². The summed E-state index contributed by atoms with van der Waals surface area (Å²) in [5.41, 5.74) is 5.78. The van der Waals surface area contributed by atoms with Gasteiger partial charge in [-0.1, -0.05) is 12.8 Å².